The van der Waals surface area contributed by atoms with Gasteiger partial charge in [0.05, 0.1) is 11.3 Å². The summed E-state index contributed by atoms with van der Waals surface area (Å²) in [5, 5.41) is 0. The zero-order valence-corrected chi connectivity index (χ0v) is 18.2. The Morgan fingerprint density at radius 3 is 2.45 bits per heavy atom. The normalized spacial score (nSPS) is 21.4. The van der Waals surface area contributed by atoms with Crippen LogP contribution < -0.4 is 4.90 Å². The first kappa shape index (κ1) is 20.6. The molecule has 0 saturated carbocycles. The van der Waals surface area contributed by atoms with Gasteiger partial charge in [-0.05, 0) is 24.5 Å². The molecule has 1 amide bonds. The molecule has 3 heterocycles. The summed E-state index contributed by atoms with van der Waals surface area (Å²) < 4.78 is 27.3. The van der Waals surface area contributed by atoms with Gasteiger partial charge in [-0.2, -0.15) is 17.0 Å². The Balaban J connectivity index is 1.37. The first-order valence-corrected chi connectivity index (χ1v) is 11.8. The van der Waals surface area contributed by atoms with Gasteiger partial charge in [0.2, 0.25) is 0 Å². The molecule has 9 heteroatoms. The van der Waals surface area contributed by atoms with Crippen molar-refractivity contribution in [1.82, 2.24) is 18.4 Å². The fourth-order valence-corrected chi connectivity index (χ4v) is 5.63. The second-order valence-corrected chi connectivity index (χ2v) is 10.4. The summed E-state index contributed by atoms with van der Waals surface area (Å²) >= 11 is 0. The van der Waals surface area contributed by atoms with Crippen LogP contribution in [0.2, 0.25) is 0 Å². The van der Waals surface area contributed by atoms with Crippen LogP contribution in [0.25, 0.3) is 0 Å². The van der Waals surface area contributed by atoms with Crippen molar-refractivity contribution in [2.75, 3.05) is 77.9 Å². The molecule has 1 aromatic carbocycles. The topological polar surface area (TPSA) is 67.4 Å². The largest absolute Gasteiger partial charge is 0.369 e. The van der Waals surface area contributed by atoms with Crippen LogP contribution in [0.4, 0.5) is 5.69 Å². The summed E-state index contributed by atoms with van der Waals surface area (Å²) in [4.78, 5) is 19.8. The molecule has 0 aromatic heterocycles. The Hall–Kier alpha value is -1.68. The molecule has 0 radical (unpaired) electrons. The number of aryl methyl sites for hydroxylation is 1. The van der Waals surface area contributed by atoms with E-state index in [0.717, 1.165) is 50.3 Å². The molecule has 0 spiro atoms. The fraction of sp³-hybridized carbons (Fsp3) is 0.650. The summed E-state index contributed by atoms with van der Waals surface area (Å²) in [6.45, 7) is 6.47. The fourth-order valence-electron chi connectivity index (χ4n) is 4.54. The number of nitrogens with zero attached hydrogens (tertiary/aromatic N) is 5. The predicted molar refractivity (Wildman–Crippen MR) is 113 cm³/mol. The molecule has 1 fully saturated rings. The van der Waals surface area contributed by atoms with Crippen LogP contribution in [0.5, 0.6) is 0 Å². The highest BCUT2D eigenvalue weighted by Crippen LogP contribution is 2.33. The van der Waals surface area contributed by atoms with Crippen molar-refractivity contribution >= 4 is 21.8 Å². The average molecular weight is 422 g/mol. The van der Waals surface area contributed by atoms with Crippen LogP contribution in [0.3, 0.4) is 0 Å². The third-order valence-corrected chi connectivity index (χ3v) is 8.21. The Morgan fingerprint density at radius 2 is 1.72 bits per heavy atom. The van der Waals surface area contributed by atoms with E-state index >= 15 is 0 Å². The highest BCUT2D eigenvalue weighted by molar-refractivity contribution is 7.86. The number of piperazine rings is 1. The molecule has 4 rings (SSSR count). The maximum atomic E-state index is 13.2. The Kier molecular flexibility index (Phi) is 5.83. The quantitative estimate of drug-likeness (QED) is 0.685. The first-order valence-electron chi connectivity index (χ1n) is 10.4. The molecule has 3 aliphatic rings. The Morgan fingerprint density at radius 1 is 0.966 bits per heavy atom. The molecule has 1 aromatic rings. The van der Waals surface area contributed by atoms with E-state index in [9.17, 15) is 13.2 Å². The van der Waals surface area contributed by atoms with Gasteiger partial charge >= 0.3 is 0 Å². The average Bonchev–Trinajstić information content (AvgIpc) is 2.86. The van der Waals surface area contributed by atoms with Crippen LogP contribution in [0, 0.1) is 0 Å². The minimum atomic E-state index is -3.34. The highest BCUT2D eigenvalue weighted by Gasteiger charge is 2.31. The van der Waals surface area contributed by atoms with Gasteiger partial charge in [-0.1, -0.05) is 12.1 Å². The molecule has 3 aliphatic heterocycles. The van der Waals surface area contributed by atoms with E-state index in [4.69, 9.17) is 0 Å². The summed E-state index contributed by atoms with van der Waals surface area (Å²) in [6.07, 6.45) is 2.19. The molecule has 0 N–H and O–H groups in total. The molecule has 29 heavy (non-hydrogen) atoms. The molecule has 8 nitrogen and oxygen atoms in total. The summed E-state index contributed by atoms with van der Waals surface area (Å²) in [7, 11) is -0.212. The van der Waals surface area contributed by atoms with Crippen molar-refractivity contribution in [1.29, 1.82) is 0 Å². The van der Waals surface area contributed by atoms with E-state index in [1.54, 1.807) is 14.1 Å². The maximum absolute atomic E-state index is 13.2. The predicted octanol–water partition coefficient (Wildman–Crippen LogP) is 0.319. The van der Waals surface area contributed by atoms with E-state index in [-0.39, 0.29) is 5.91 Å². The van der Waals surface area contributed by atoms with Gasteiger partial charge in [-0.15, -0.1) is 0 Å². The Bertz CT molecular complexity index is 865. The van der Waals surface area contributed by atoms with Gasteiger partial charge in [0, 0.05) is 73.0 Å². The lowest BCUT2D eigenvalue weighted by Crippen LogP contribution is -2.53. The van der Waals surface area contributed by atoms with E-state index < -0.39 is 10.2 Å². The molecule has 0 bridgehead atoms. The minimum Gasteiger partial charge on any atom is -0.369 e. The number of anilines is 1. The van der Waals surface area contributed by atoms with Crippen LogP contribution in [0.15, 0.2) is 18.2 Å². The van der Waals surface area contributed by atoms with E-state index in [2.05, 4.69) is 15.9 Å². The van der Waals surface area contributed by atoms with E-state index in [1.807, 2.05) is 17.0 Å². The Labute approximate surface area is 173 Å². The molecule has 0 unspecified atom stereocenters. The van der Waals surface area contributed by atoms with Crippen LogP contribution in [-0.2, 0) is 16.6 Å². The van der Waals surface area contributed by atoms with Gasteiger partial charge in [-0.3, -0.25) is 9.69 Å². The van der Waals surface area contributed by atoms with Gasteiger partial charge < -0.3 is 9.80 Å². The second-order valence-electron chi connectivity index (χ2n) is 8.23. The number of benzene rings is 1. The van der Waals surface area contributed by atoms with Crippen molar-refractivity contribution < 1.29 is 13.2 Å². The van der Waals surface area contributed by atoms with E-state index in [0.29, 0.717) is 32.7 Å². The maximum Gasteiger partial charge on any atom is 0.281 e. The summed E-state index contributed by atoms with van der Waals surface area (Å²) in [5.74, 6) is 0.125. The van der Waals surface area contributed by atoms with Gasteiger partial charge in [0.15, 0.2) is 0 Å². The van der Waals surface area contributed by atoms with Crippen LogP contribution >= 0.6 is 0 Å². The van der Waals surface area contributed by atoms with Gasteiger partial charge in [0.25, 0.3) is 16.1 Å². The zero-order chi connectivity index (χ0) is 20.6. The molecule has 0 aliphatic carbocycles. The van der Waals surface area contributed by atoms with Crippen molar-refractivity contribution in [2.45, 2.75) is 12.8 Å². The van der Waals surface area contributed by atoms with Crippen molar-refractivity contribution in [2.24, 2.45) is 0 Å². The number of hydrogen-bond donors (Lipinski definition) is 0. The monoisotopic (exact) mass is 421 g/mol. The van der Waals surface area contributed by atoms with Crippen molar-refractivity contribution in [3.63, 3.8) is 0 Å². The van der Waals surface area contributed by atoms with Crippen LogP contribution in [-0.4, -0.2) is 106 Å². The molecule has 1 saturated heterocycles. The number of carbonyl (C=O) groups is 1. The summed E-state index contributed by atoms with van der Waals surface area (Å²) in [5.41, 5.74) is 3.28. The molecular weight excluding hydrogens is 390 g/mol. The molecule has 0 atom stereocenters. The number of hydrogen-bond acceptors (Lipinski definition) is 5. The zero-order valence-electron chi connectivity index (χ0n) is 17.4. The number of para-hydroxylation sites is 1. The lowest BCUT2D eigenvalue weighted by atomic mass is 9.97. The number of rotatable bonds is 5. The molecule has 160 valence electrons. The third kappa shape index (κ3) is 4.01. The van der Waals surface area contributed by atoms with Gasteiger partial charge in [-0.25, -0.2) is 0 Å². The minimum absolute atomic E-state index is 0.125. The van der Waals surface area contributed by atoms with Crippen molar-refractivity contribution in [3.8, 4) is 0 Å². The molecular formula is C20H31N5O3S. The standard InChI is InChI=1S/C20H31N5O3S/c1-21(2)29(27,28)25-15-10-22(11-16-25)9-12-24-14-13-23-8-4-6-17-5-3-7-18(19(17)23)20(24)26/h3,5,7H,4,6,8-16H2,1-2H3. The number of amides is 1. The van der Waals surface area contributed by atoms with Gasteiger partial charge in [0.1, 0.15) is 0 Å². The number of carbonyl (C=O) groups excluding carboxylic acids is 1. The SMILES string of the molecule is CN(C)S(=O)(=O)N1CCN(CCN2CCN3CCCc4cccc(c43)C2=O)CC1. The highest BCUT2D eigenvalue weighted by atomic mass is 32.2. The lowest BCUT2D eigenvalue weighted by molar-refractivity contribution is 0.0735. The van der Waals surface area contributed by atoms with Crippen LogP contribution in [0.1, 0.15) is 22.3 Å². The third-order valence-electron chi connectivity index (χ3n) is 6.27. The lowest BCUT2D eigenvalue weighted by Gasteiger charge is -2.36. The first-order chi connectivity index (χ1) is 13.9. The second kappa shape index (κ2) is 8.22. The smallest absolute Gasteiger partial charge is 0.281 e. The van der Waals surface area contributed by atoms with E-state index in [1.165, 1.54) is 14.2 Å². The van der Waals surface area contributed by atoms with Crippen molar-refractivity contribution in [3.05, 3.63) is 29.3 Å². The summed E-state index contributed by atoms with van der Waals surface area (Å²) in [6, 6.07) is 6.11.